The lowest BCUT2D eigenvalue weighted by Gasteiger charge is -2.13. The molecule has 0 spiro atoms. The van der Waals surface area contributed by atoms with E-state index in [2.05, 4.69) is 20.4 Å². The van der Waals surface area contributed by atoms with Crippen LogP contribution in [0.1, 0.15) is 10.5 Å². The Morgan fingerprint density at radius 2 is 1.77 bits per heavy atom. The van der Waals surface area contributed by atoms with Crippen LogP contribution in [-0.2, 0) is 6.54 Å². The van der Waals surface area contributed by atoms with Crippen molar-refractivity contribution in [2.45, 2.75) is 6.54 Å². The maximum atomic E-state index is 14.0. The van der Waals surface area contributed by atoms with E-state index in [0.717, 1.165) is 0 Å². The lowest BCUT2D eigenvalue weighted by Crippen LogP contribution is -2.35. The SMILES string of the molecule is O=C1NCCn2nc(-c3ccnc(-c4c(F)c(F)cc(F)c4F)n3)cc21. The fourth-order valence-corrected chi connectivity index (χ4v) is 2.65. The topological polar surface area (TPSA) is 72.7 Å². The summed E-state index contributed by atoms with van der Waals surface area (Å²) in [7, 11) is 0. The van der Waals surface area contributed by atoms with Crippen molar-refractivity contribution in [1.29, 1.82) is 0 Å². The van der Waals surface area contributed by atoms with Crippen molar-refractivity contribution >= 4 is 5.91 Å². The predicted octanol–water partition coefficient (Wildman–Crippen LogP) is 2.31. The normalized spacial score (nSPS) is 13.5. The summed E-state index contributed by atoms with van der Waals surface area (Å²) in [6.45, 7) is 0.873. The first-order valence-electron chi connectivity index (χ1n) is 7.48. The van der Waals surface area contributed by atoms with Crippen LogP contribution in [0.4, 0.5) is 17.6 Å². The van der Waals surface area contributed by atoms with Crippen LogP contribution in [0.5, 0.6) is 0 Å². The fraction of sp³-hybridized carbons (Fsp3) is 0.125. The summed E-state index contributed by atoms with van der Waals surface area (Å²) in [5.74, 6) is -7.14. The molecular formula is C16H9F4N5O. The third-order valence-electron chi connectivity index (χ3n) is 3.88. The van der Waals surface area contributed by atoms with Crippen LogP contribution in [0.3, 0.4) is 0 Å². The van der Waals surface area contributed by atoms with Gasteiger partial charge in [-0.1, -0.05) is 0 Å². The van der Waals surface area contributed by atoms with Gasteiger partial charge in [-0.05, 0) is 12.1 Å². The Balaban J connectivity index is 1.83. The zero-order valence-electron chi connectivity index (χ0n) is 12.9. The smallest absolute Gasteiger partial charge is 0.269 e. The van der Waals surface area contributed by atoms with Gasteiger partial charge in [-0.2, -0.15) is 5.10 Å². The zero-order valence-corrected chi connectivity index (χ0v) is 12.9. The van der Waals surface area contributed by atoms with Crippen LogP contribution in [0, 0.1) is 23.3 Å². The van der Waals surface area contributed by atoms with E-state index in [4.69, 9.17) is 0 Å². The minimum atomic E-state index is -1.59. The third kappa shape index (κ3) is 2.50. The molecule has 1 aromatic carbocycles. The highest BCUT2D eigenvalue weighted by atomic mass is 19.2. The first-order valence-corrected chi connectivity index (χ1v) is 7.48. The lowest BCUT2D eigenvalue weighted by molar-refractivity contribution is 0.0924. The number of carbonyl (C=O) groups excluding carboxylic acids is 1. The standard InChI is InChI=1S/C16H9F4N5O/c17-7-5-8(18)14(20)12(13(7)19)15-21-2-1-9(23-15)10-6-11-16(26)22-3-4-25(11)24-10/h1-2,5-6H,3-4H2,(H,22,26). The average molecular weight is 363 g/mol. The summed E-state index contributed by atoms with van der Waals surface area (Å²) < 4.78 is 56.3. The van der Waals surface area contributed by atoms with Gasteiger partial charge < -0.3 is 5.32 Å². The van der Waals surface area contributed by atoms with Crippen LogP contribution in [-0.4, -0.2) is 32.2 Å². The quantitative estimate of drug-likeness (QED) is 0.560. The Morgan fingerprint density at radius 1 is 1.04 bits per heavy atom. The second-order valence-electron chi connectivity index (χ2n) is 5.50. The number of hydrogen-bond acceptors (Lipinski definition) is 4. The van der Waals surface area contributed by atoms with Gasteiger partial charge in [0.05, 0.1) is 17.8 Å². The van der Waals surface area contributed by atoms with Crippen molar-refractivity contribution in [3.05, 3.63) is 53.4 Å². The van der Waals surface area contributed by atoms with E-state index < -0.39 is 34.7 Å². The maximum Gasteiger partial charge on any atom is 0.269 e. The van der Waals surface area contributed by atoms with E-state index in [1.165, 1.54) is 23.0 Å². The number of nitrogens with zero attached hydrogens (tertiary/aromatic N) is 4. The minimum absolute atomic E-state index is 0.111. The van der Waals surface area contributed by atoms with Crippen molar-refractivity contribution in [2.24, 2.45) is 0 Å². The van der Waals surface area contributed by atoms with Crippen molar-refractivity contribution in [3.8, 4) is 22.8 Å². The molecule has 10 heteroatoms. The van der Waals surface area contributed by atoms with Gasteiger partial charge in [0.15, 0.2) is 29.1 Å². The van der Waals surface area contributed by atoms with Crippen LogP contribution >= 0.6 is 0 Å². The first kappa shape index (κ1) is 16.2. The largest absolute Gasteiger partial charge is 0.349 e. The third-order valence-corrected chi connectivity index (χ3v) is 3.88. The molecule has 0 saturated carbocycles. The summed E-state index contributed by atoms with van der Waals surface area (Å²) in [6.07, 6.45) is 1.18. The molecular weight excluding hydrogens is 354 g/mol. The molecule has 4 rings (SSSR count). The van der Waals surface area contributed by atoms with Gasteiger partial charge in [-0.25, -0.2) is 27.5 Å². The molecule has 26 heavy (non-hydrogen) atoms. The summed E-state index contributed by atoms with van der Waals surface area (Å²) in [5, 5.41) is 6.87. The van der Waals surface area contributed by atoms with Gasteiger partial charge in [0.2, 0.25) is 0 Å². The van der Waals surface area contributed by atoms with Gasteiger partial charge in [0.1, 0.15) is 11.4 Å². The molecule has 3 aromatic rings. The highest BCUT2D eigenvalue weighted by Gasteiger charge is 2.24. The molecule has 132 valence electrons. The van der Waals surface area contributed by atoms with E-state index in [9.17, 15) is 22.4 Å². The summed E-state index contributed by atoms with van der Waals surface area (Å²) in [6, 6.07) is 2.97. The minimum Gasteiger partial charge on any atom is -0.349 e. The van der Waals surface area contributed by atoms with E-state index in [0.29, 0.717) is 18.8 Å². The van der Waals surface area contributed by atoms with Crippen LogP contribution in [0.15, 0.2) is 24.4 Å². The lowest BCUT2D eigenvalue weighted by atomic mass is 10.1. The molecule has 0 radical (unpaired) electrons. The van der Waals surface area contributed by atoms with E-state index >= 15 is 0 Å². The van der Waals surface area contributed by atoms with Crippen molar-refractivity contribution in [1.82, 2.24) is 25.1 Å². The van der Waals surface area contributed by atoms with Gasteiger partial charge >= 0.3 is 0 Å². The molecule has 2 aromatic heterocycles. The maximum absolute atomic E-state index is 14.0. The number of benzene rings is 1. The molecule has 0 aliphatic carbocycles. The molecule has 0 atom stereocenters. The Morgan fingerprint density at radius 3 is 2.46 bits per heavy atom. The summed E-state index contributed by atoms with van der Waals surface area (Å²) >= 11 is 0. The van der Waals surface area contributed by atoms with Gasteiger partial charge in [-0.3, -0.25) is 9.48 Å². The highest BCUT2D eigenvalue weighted by Crippen LogP contribution is 2.28. The number of fused-ring (bicyclic) bond motifs is 1. The highest BCUT2D eigenvalue weighted by molar-refractivity contribution is 5.94. The Labute approximate surface area is 143 Å². The second-order valence-corrected chi connectivity index (χ2v) is 5.50. The Bertz CT molecular complexity index is 1020. The fourth-order valence-electron chi connectivity index (χ4n) is 2.65. The Kier molecular flexibility index (Phi) is 3.67. The first-order chi connectivity index (χ1) is 12.5. The van der Waals surface area contributed by atoms with Gasteiger partial charge in [-0.15, -0.1) is 0 Å². The number of halogens is 4. The molecule has 0 saturated heterocycles. The monoisotopic (exact) mass is 363 g/mol. The molecule has 1 aliphatic heterocycles. The van der Waals surface area contributed by atoms with Gasteiger partial charge in [0, 0.05) is 18.8 Å². The molecule has 1 N–H and O–H groups in total. The Hall–Kier alpha value is -3.30. The molecule has 0 fully saturated rings. The van der Waals surface area contributed by atoms with Gasteiger partial charge in [0.25, 0.3) is 5.91 Å². The molecule has 0 bridgehead atoms. The zero-order chi connectivity index (χ0) is 18.4. The van der Waals surface area contributed by atoms with Crippen LogP contribution in [0.25, 0.3) is 22.8 Å². The summed E-state index contributed by atoms with van der Waals surface area (Å²) in [4.78, 5) is 19.4. The van der Waals surface area contributed by atoms with Crippen LogP contribution in [0.2, 0.25) is 0 Å². The molecule has 3 heterocycles. The number of hydrogen-bond donors (Lipinski definition) is 1. The van der Waals surface area contributed by atoms with Crippen molar-refractivity contribution < 1.29 is 22.4 Å². The molecule has 1 aliphatic rings. The molecule has 6 nitrogen and oxygen atoms in total. The predicted molar refractivity (Wildman–Crippen MR) is 80.9 cm³/mol. The van der Waals surface area contributed by atoms with Crippen LogP contribution < -0.4 is 5.32 Å². The second kappa shape index (κ2) is 5.90. The van der Waals surface area contributed by atoms with Crippen molar-refractivity contribution in [2.75, 3.05) is 6.54 Å². The van der Waals surface area contributed by atoms with E-state index in [-0.39, 0.29) is 23.4 Å². The summed E-state index contributed by atoms with van der Waals surface area (Å²) in [5.41, 5.74) is -0.293. The number of rotatable bonds is 2. The van der Waals surface area contributed by atoms with Crippen molar-refractivity contribution in [3.63, 3.8) is 0 Å². The molecule has 0 unspecified atom stereocenters. The number of carbonyl (C=O) groups is 1. The van der Waals surface area contributed by atoms with E-state index in [1.807, 2.05) is 0 Å². The molecule has 1 amide bonds. The number of aromatic nitrogens is 4. The number of amides is 1. The number of nitrogens with one attached hydrogen (secondary N) is 1. The van der Waals surface area contributed by atoms with E-state index in [1.54, 1.807) is 0 Å². The average Bonchev–Trinajstić information content (AvgIpc) is 3.06.